The molecular formula is C16H22N2+2. The van der Waals surface area contributed by atoms with Crippen LogP contribution in [0, 0.1) is 0 Å². The number of unbranched alkanes of at least 4 members (excludes halogenated alkanes) is 2. The second kappa shape index (κ2) is 6.29. The second-order valence-corrected chi connectivity index (χ2v) is 4.78. The SMILES string of the molecule is CCCCC[n+]1ccc(-c2cc[n+](C)cc2)cc1. The van der Waals surface area contributed by atoms with Crippen LogP contribution in [-0.4, -0.2) is 0 Å². The highest BCUT2D eigenvalue weighted by Crippen LogP contribution is 2.15. The molecule has 0 saturated carbocycles. The molecular weight excluding hydrogens is 220 g/mol. The van der Waals surface area contributed by atoms with Crippen LogP contribution in [0.5, 0.6) is 0 Å². The summed E-state index contributed by atoms with van der Waals surface area (Å²) in [7, 11) is 2.04. The van der Waals surface area contributed by atoms with Gasteiger partial charge in [-0.05, 0) is 17.5 Å². The average molecular weight is 242 g/mol. The van der Waals surface area contributed by atoms with Crippen LogP contribution in [0.25, 0.3) is 11.1 Å². The molecule has 2 nitrogen and oxygen atoms in total. The molecule has 0 unspecified atom stereocenters. The summed E-state index contributed by atoms with van der Waals surface area (Å²) in [4.78, 5) is 0. The summed E-state index contributed by atoms with van der Waals surface area (Å²) in [6.07, 6.45) is 12.4. The van der Waals surface area contributed by atoms with Gasteiger partial charge < -0.3 is 0 Å². The van der Waals surface area contributed by atoms with E-state index in [2.05, 4.69) is 65.1 Å². The average Bonchev–Trinajstić information content (AvgIpc) is 2.41. The van der Waals surface area contributed by atoms with Gasteiger partial charge in [0.2, 0.25) is 0 Å². The third kappa shape index (κ3) is 3.39. The standard InChI is InChI=1S/C16H22N2/c1-3-4-5-10-18-13-8-16(9-14-18)15-6-11-17(2)12-7-15/h6-9,11-14H,3-5,10H2,1-2H3/q+2. The van der Waals surface area contributed by atoms with E-state index in [1.807, 2.05) is 7.05 Å². The lowest BCUT2D eigenvalue weighted by molar-refractivity contribution is -0.697. The summed E-state index contributed by atoms with van der Waals surface area (Å²) < 4.78 is 4.32. The van der Waals surface area contributed by atoms with Gasteiger partial charge in [-0.1, -0.05) is 13.3 Å². The second-order valence-electron chi connectivity index (χ2n) is 4.78. The van der Waals surface area contributed by atoms with E-state index in [0.717, 1.165) is 6.54 Å². The quantitative estimate of drug-likeness (QED) is 0.562. The molecule has 2 rings (SSSR count). The van der Waals surface area contributed by atoms with Crippen molar-refractivity contribution in [2.24, 2.45) is 7.05 Å². The maximum absolute atomic E-state index is 2.27. The minimum Gasteiger partial charge on any atom is -0.208 e. The fourth-order valence-corrected chi connectivity index (χ4v) is 2.04. The highest BCUT2D eigenvalue weighted by Gasteiger charge is 2.03. The molecule has 0 atom stereocenters. The van der Waals surface area contributed by atoms with Gasteiger partial charge in [-0.25, -0.2) is 9.13 Å². The zero-order chi connectivity index (χ0) is 12.8. The Labute approximate surface area is 110 Å². The first-order valence-corrected chi connectivity index (χ1v) is 6.74. The summed E-state index contributed by atoms with van der Waals surface area (Å²) in [5.41, 5.74) is 2.55. The predicted octanol–water partition coefficient (Wildman–Crippen LogP) is 2.66. The summed E-state index contributed by atoms with van der Waals surface area (Å²) in [6.45, 7) is 3.36. The highest BCUT2D eigenvalue weighted by molar-refractivity contribution is 5.60. The van der Waals surface area contributed by atoms with Crippen LogP contribution in [0.3, 0.4) is 0 Å². The third-order valence-corrected chi connectivity index (χ3v) is 3.22. The molecule has 0 saturated heterocycles. The van der Waals surface area contributed by atoms with Crippen molar-refractivity contribution in [2.45, 2.75) is 32.7 Å². The fourth-order valence-electron chi connectivity index (χ4n) is 2.04. The summed E-state index contributed by atoms with van der Waals surface area (Å²) >= 11 is 0. The lowest BCUT2D eigenvalue weighted by atomic mass is 10.1. The van der Waals surface area contributed by atoms with E-state index in [0.29, 0.717) is 0 Å². The van der Waals surface area contributed by atoms with Crippen LogP contribution in [0.2, 0.25) is 0 Å². The van der Waals surface area contributed by atoms with Crippen LogP contribution in [0.1, 0.15) is 26.2 Å². The number of rotatable bonds is 5. The van der Waals surface area contributed by atoms with Gasteiger partial charge in [0, 0.05) is 30.7 Å². The van der Waals surface area contributed by atoms with Gasteiger partial charge in [-0.2, -0.15) is 0 Å². The van der Waals surface area contributed by atoms with Crippen molar-refractivity contribution in [3.63, 3.8) is 0 Å². The smallest absolute Gasteiger partial charge is 0.169 e. The minimum absolute atomic E-state index is 1.12. The van der Waals surface area contributed by atoms with Crippen molar-refractivity contribution in [1.29, 1.82) is 0 Å². The van der Waals surface area contributed by atoms with Gasteiger partial charge in [0.1, 0.15) is 13.6 Å². The van der Waals surface area contributed by atoms with Gasteiger partial charge >= 0.3 is 0 Å². The molecule has 0 fully saturated rings. The topological polar surface area (TPSA) is 7.76 Å². The van der Waals surface area contributed by atoms with E-state index in [4.69, 9.17) is 0 Å². The molecule has 18 heavy (non-hydrogen) atoms. The molecule has 0 spiro atoms. The van der Waals surface area contributed by atoms with E-state index in [9.17, 15) is 0 Å². The van der Waals surface area contributed by atoms with Crippen LogP contribution < -0.4 is 9.13 Å². The monoisotopic (exact) mass is 242 g/mol. The number of aryl methyl sites for hydroxylation is 2. The minimum atomic E-state index is 1.12. The maximum Gasteiger partial charge on any atom is 0.169 e. The first-order chi connectivity index (χ1) is 8.79. The summed E-state index contributed by atoms with van der Waals surface area (Å²) in [6, 6.07) is 8.69. The van der Waals surface area contributed by atoms with E-state index in [1.165, 1.54) is 30.4 Å². The summed E-state index contributed by atoms with van der Waals surface area (Å²) in [5.74, 6) is 0. The van der Waals surface area contributed by atoms with Gasteiger partial charge in [0.15, 0.2) is 24.8 Å². The zero-order valence-corrected chi connectivity index (χ0v) is 11.3. The van der Waals surface area contributed by atoms with E-state index in [-0.39, 0.29) is 0 Å². The first-order valence-electron chi connectivity index (χ1n) is 6.74. The van der Waals surface area contributed by atoms with E-state index >= 15 is 0 Å². The predicted molar refractivity (Wildman–Crippen MR) is 72.8 cm³/mol. The molecule has 0 bridgehead atoms. The Morgan fingerprint density at radius 2 is 1.39 bits per heavy atom. The molecule has 2 heterocycles. The molecule has 2 aromatic heterocycles. The highest BCUT2D eigenvalue weighted by atomic mass is 14.9. The molecule has 0 aromatic carbocycles. The molecule has 0 radical (unpaired) electrons. The molecule has 0 aliphatic rings. The Hall–Kier alpha value is -1.70. The number of pyridine rings is 2. The Kier molecular flexibility index (Phi) is 4.46. The molecule has 0 N–H and O–H groups in total. The van der Waals surface area contributed by atoms with Crippen LogP contribution in [0.4, 0.5) is 0 Å². The Bertz CT molecular complexity index is 471. The van der Waals surface area contributed by atoms with Crippen molar-refractivity contribution < 1.29 is 9.13 Å². The first kappa shape index (κ1) is 12.7. The number of aromatic nitrogens is 2. The molecule has 0 aliphatic heterocycles. The molecule has 0 amide bonds. The van der Waals surface area contributed by atoms with Gasteiger partial charge in [0.05, 0.1) is 0 Å². The lowest BCUT2D eigenvalue weighted by Crippen LogP contribution is -2.32. The van der Waals surface area contributed by atoms with Crippen LogP contribution in [0.15, 0.2) is 49.1 Å². The van der Waals surface area contributed by atoms with Gasteiger partial charge in [-0.15, -0.1) is 0 Å². The van der Waals surface area contributed by atoms with Crippen molar-refractivity contribution >= 4 is 0 Å². The van der Waals surface area contributed by atoms with Crippen LogP contribution >= 0.6 is 0 Å². The normalized spacial score (nSPS) is 10.6. The summed E-state index contributed by atoms with van der Waals surface area (Å²) in [5, 5.41) is 0. The lowest BCUT2D eigenvalue weighted by Gasteiger charge is -2.00. The van der Waals surface area contributed by atoms with Crippen molar-refractivity contribution in [3.8, 4) is 11.1 Å². The number of hydrogen-bond donors (Lipinski definition) is 0. The number of hydrogen-bond acceptors (Lipinski definition) is 0. The zero-order valence-electron chi connectivity index (χ0n) is 11.3. The van der Waals surface area contributed by atoms with Gasteiger partial charge in [-0.3, -0.25) is 0 Å². The van der Waals surface area contributed by atoms with Crippen LogP contribution in [-0.2, 0) is 13.6 Å². The van der Waals surface area contributed by atoms with Gasteiger partial charge in [0.25, 0.3) is 0 Å². The third-order valence-electron chi connectivity index (χ3n) is 3.22. The molecule has 94 valence electrons. The number of nitrogens with zero attached hydrogens (tertiary/aromatic N) is 2. The van der Waals surface area contributed by atoms with E-state index < -0.39 is 0 Å². The Morgan fingerprint density at radius 3 is 1.94 bits per heavy atom. The van der Waals surface area contributed by atoms with Crippen molar-refractivity contribution in [3.05, 3.63) is 49.1 Å². The maximum atomic E-state index is 2.27. The molecule has 2 aromatic rings. The fraction of sp³-hybridized carbons (Fsp3) is 0.375. The van der Waals surface area contributed by atoms with Crippen molar-refractivity contribution in [2.75, 3.05) is 0 Å². The molecule has 0 aliphatic carbocycles. The van der Waals surface area contributed by atoms with E-state index in [1.54, 1.807) is 0 Å². The van der Waals surface area contributed by atoms with Crippen molar-refractivity contribution in [1.82, 2.24) is 0 Å². The Balaban J connectivity index is 2.05. The molecule has 2 heteroatoms. The Morgan fingerprint density at radius 1 is 0.833 bits per heavy atom. The largest absolute Gasteiger partial charge is 0.208 e.